The molecule has 3 nitrogen and oxygen atoms in total. The highest BCUT2D eigenvalue weighted by atomic mass is 19.4. The summed E-state index contributed by atoms with van der Waals surface area (Å²) in [7, 11) is 5.71. The molecule has 0 bridgehead atoms. The lowest BCUT2D eigenvalue weighted by atomic mass is 10.1. The van der Waals surface area contributed by atoms with Gasteiger partial charge in [0.15, 0.2) is 0 Å². The minimum Gasteiger partial charge on any atom is -0.363 e. The lowest BCUT2D eigenvalue weighted by molar-refractivity contribution is -0.137. The number of nitrogens with zero attached hydrogens (tertiary/aromatic N) is 3. The van der Waals surface area contributed by atoms with Crippen LogP contribution in [0.3, 0.4) is 0 Å². The first-order valence-electron chi connectivity index (χ1n) is 7.22. The predicted octanol–water partition coefficient (Wildman–Crippen LogP) is 3.80. The molecule has 0 unspecified atom stereocenters. The van der Waals surface area contributed by atoms with Crippen molar-refractivity contribution < 1.29 is 13.2 Å². The Balaban J connectivity index is 2.00. The van der Waals surface area contributed by atoms with Gasteiger partial charge in [-0.25, -0.2) is 4.98 Å². The predicted molar refractivity (Wildman–Crippen MR) is 85.2 cm³/mol. The summed E-state index contributed by atoms with van der Waals surface area (Å²) in [4.78, 5) is 8.21. The third-order valence-electron chi connectivity index (χ3n) is 3.43. The average Bonchev–Trinajstić information content (AvgIpc) is 2.47. The van der Waals surface area contributed by atoms with Gasteiger partial charge in [0.25, 0.3) is 0 Å². The molecule has 2 rings (SSSR count). The van der Waals surface area contributed by atoms with Crippen molar-refractivity contribution in [2.45, 2.75) is 19.3 Å². The van der Waals surface area contributed by atoms with Gasteiger partial charge in [-0.3, -0.25) is 4.90 Å². The first kappa shape index (κ1) is 17.3. The molecule has 2 aromatic rings. The minimum absolute atomic E-state index is 0.444. The van der Waals surface area contributed by atoms with Crippen molar-refractivity contribution in [2.75, 3.05) is 26.0 Å². The molecular formula is C17H20F3N3. The highest BCUT2D eigenvalue weighted by Crippen LogP contribution is 2.29. The second-order valence-electron chi connectivity index (χ2n) is 5.79. The zero-order valence-electron chi connectivity index (χ0n) is 13.4. The number of anilines is 1. The van der Waals surface area contributed by atoms with Crippen LogP contribution in [-0.2, 0) is 19.3 Å². The van der Waals surface area contributed by atoms with Gasteiger partial charge in [-0.1, -0.05) is 24.3 Å². The number of aromatic nitrogens is 1. The standard InChI is InChI=1S/C17H20F3N3/c1-22(2)16-8-7-14(10-21-16)12-23(3)11-13-5-4-6-15(9-13)17(18,19)20/h4-10H,11-12H2,1-3H3. The molecule has 6 heteroatoms. The fraction of sp³-hybridized carbons (Fsp3) is 0.353. The second-order valence-corrected chi connectivity index (χ2v) is 5.79. The maximum atomic E-state index is 12.7. The van der Waals surface area contributed by atoms with Gasteiger partial charge in [-0.15, -0.1) is 0 Å². The molecular weight excluding hydrogens is 303 g/mol. The van der Waals surface area contributed by atoms with Crippen LogP contribution < -0.4 is 4.90 Å². The maximum absolute atomic E-state index is 12.7. The summed E-state index contributed by atoms with van der Waals surface area (Å²) in [5.41, 5.74) is 1.05. The molecule has 1 heterocycles. The molecule has 124 valence electrons. The molecule has 0 saturated heterocycles. The van der Waals surface area contributed by atoms with Crippen molar-refractivity contribution in [2.24, 2.45) is 0 Å². The molecule has 1 aromatic heterocycles. The summed E-state index contributed by atoms with van der Waals surface area (Å²) in [6.07, 6.45) is -2.52. The summed E-state index contributed by atoms with van der Waals surface area (Å²) in [6, 6.07) is 9.34. The van der Waals surface area contributed by atoms with Crippen LogP contribution in [-0.4, -0.2) is 31.0 Å². The number of pyridine rings is 1. The number of benzene rings is 1. The maximum Gasteiger partial charge on any atom is 0.416 e. The molecule has 1 aromatic carbocycles. The van der Waals surface area contributed by atoms with E-state index >= 15 is 0 Å². The Kier molecular flexibility index (Phi) is 5.26. The Morgan fingerprint density at radius 3 is 2.22 bits per heavy atom. The van der Waals surface area contributed by atoms with Gasteiger partial charge < -0.3 is 4.90 Å². The van der Waals surface area contributed by atoms with E-state index in [4.69, 9.17) is 0 Å². The fourth-order valence-electron chi connectivity index (χ4n) is 2.30. The van der Waals surface area contributed by atoms with Crippen LogP contribution in [0.25, 0.3) is 0 Å². The van der Waals surface area contributed by atoms with E-state index in [1.807, 2.05) is 43.1 Å². The zero-order chi connectivity index (χ0) is 17.0. The normalized spacial score (nSPS) is 11.8. The van der Waals surface area contributed by atoms with Gasteiger partial charge in [0, 0.05) is 33.4 Å². The number of hydrogen-bond acceptors (Lipinski definition) is 3. The Bertz CT molecular complexity index is 636. The topological polar surface area (TPSA) is 19.4 Å². The van der Waals surface area contributed by atoms with Crippen molar-refractivity contribution >= 4 is 5.82 Å². The van der Waals surface area contributed by atoms with Gasteiger partial charge in [-0.05, 0) is 30.3 Å². The van der Waals surface area contributed by atoms with Crippen molar-refractivity contribution in [1.82, 2.24) is 9.88 Å². The third kappa shape index (κ3) is 4.96. The minimum atomic E-state index is -4.31. The Labute approximate surface area is 134 Å². The van der Waals surface area contributed by atoms with E-state index in [-0.39, 0.29) is 0 Å². The van der Waals surface area contributed by atoms with Crippen LogP contribution in [0.4, 0.5) is 19.0 Å². The van der Waals surface area contributed by atoms with E-state index in [9.17, 15) is 13.2 Å². The third-order valence-corrected chi connectivity index (χ3v) is 3.43. The molecule has 0 aliphatic rings. The van der Waals surface area contributed by atoms with E-state index in [0.29, 0.717) is 18.7 Å². The molecule has 0 aliphatic carbocycles. The second kappa shape index (κ2) is 7.00. The van der Waals surface area contributed by atoms with E-state index in [1.165, 1.54) is 12.1 Å². The Hall–Kier alpha value is -2.08. The fourth-order valence-corrected chi connectivity index (χ4v) is 2.30. The molecule has 0 atom stereocenters. The van der Waals surface area contributed by atoms with E-state index in [2.05, 4.69) is 4.98 Å². The lowest BCUT2D eigenvalue weighted by Gasteiger charge is -2.18. The van der Waals surface area contributed by atoms with Gasteiger partial charge in [0.2, 0.25) is 0 Å². The highest BCUT2D eigenvalue weighted by molar-refractivity contribution is 5.37. The summed E-state index contributed by atoms with van der Waals surface area (Å²) >= 11 is 0. The van der Waals surface area contributed by atoms with Crippen LogP contribution in [0.1, 0.15) is 16.7 Å². The van der Waals surface area contributed by atoms with Crippen molar-refractivity contribution in [1.29, 1.82) is 0 Å². The largest absolute Gasteiger partial charge is 0.416 e. The number of alkyl halides is 3. The highest BCUT2D eigenvalue weighted by Gasteiger charge is 2.30. The first-order chi connectivity index (χ1) is 10.8. The lowest BCUT2D eigenvalue weighted by Crippen LogP contribution is -2.18. The molecule has 0 aliphatic heterocycles. The van der Waals surface area contributed by atoms with E-state index in [0.717, 1.165) is 17.4 Å². The average molecular weight is 323 g/mol. The van der Waals surface area contributed by atoms with Crippen LogP contribution in [0.2, 0.25) is 0 Å². The van der Waals surface area contributed by atoms with Gasteiger partial charge in [0.1, 0.15) is 5.82 Å². The monoisotopic (exact) mass is 323 g/mol. The van der Waals surface area contributed by atoms with Crippen molar-refractivity contribution in [3.63, 3.8) is 0 Å². The van der Waals surface area contributed by atoms with Crippen LogP contribution in [0.5, 0.6) is 0 Å². The molecule has 0 spiro atoms. The first-order valence-corrected chi connectivity index (χ1v) is 7.22. The van der Waals surface area contributed by atoms with Gasteiger partial charge in [-0.2, -0.15) is 13.2 Å². The van der Waals surface area contributed by atoms with E-state index < -0.39 is 11.7 Å². The SMILES string of the molecule is CN(Cc1ccc(N(C)C)nc1)Cc1cccc(C(F)(F)F)c1. The number of halogens is 3. The summed E-state index contributed by atoms with van der Waals surface area (Å²) in [5.74, 6) is 0.870. The van der Waals surface area contributed by atoms with Crippen LogP contribution in [0.15, 0.2) is 42.6 Å². The van der Waals surface area contributed by atoms with Crippen LogP contribution >= 0.6 is 0 Å². The number of hydrogen-bond donors (Lipinski definition) is 0. The molecule has 0 saturated carbocycles. The molecule has 0 N–H and O–H groups in total. The molecule has 0 radical (unpaired) electrons. The Morgan fingerprint density at radius 1 is 0.957 bits per heavy atom. The smallest absolute Gasteiger partial charge is 0.363 e. The van der Waals surface area contributed by atoms with Crippen molar-refractivity contribution in [3.8, 4) is 0 Å². The molecule has 23 heavy (non-hydrogen) atoms. The number of rotatable bonds is 5. The molecule has 0 fully saturated rings. The van der Waals surface area contributed by atoms with Gasteiger partial charge >= 0.3 is 6.18 Å². The zero-order valence-corrected chi connectivity index (χ0v) is 13.4. The van der Waals surface area contributed by atoms with Crippen LogP contribution in [0, 0.1) is 0 Å². The Morgan fingerprint density at radius 2 is 1.65 bits per heavy atom. The van der Waals surface area contributed by atoms with E-state index in [1.54, 1.807) is 12.3 Å². The summed E-state index contributed by atoms with van der Waals surface area (Å²) in [5, 5.41) is 0. The summed E-state index contributed by atoms with van der Waals surface area (Å²) in [6.45, 7) is 1.07. The quantitative estimate of drug-likeness (QED) is 0.834. The van der Waals surface area contributed by atoms with Gasteiger partial charge in [0.05, 0.1) is 5.56 Å². The van der Waals surface area contributed by atoms with Crippen molar-refractivity contribution in [3.05, 3.63) is 59.3 Å². The summed E-state index contributed by atoms with van der Waals surface area (Å²) < 4.78 is 38.2. The molecule has 0 amide bonds.